The molecule has 256 valence electrons. The van der Waals surface area contributed by atoms with Gasteiger partial charge in [0.2, 0.25) is 0 Å². The van der Waals surface area contributed by atoms with Crippen LogP contribution in [0.3, 0.4) is 0 Å². The number of ether oxygens (including phenoxy) is 2. The number of halogens is 1. The third-order valence-electron chi connectivity index (χ3n) is 9.72. The van der Waals surface area contributed by atoms with Gasteiger partial charge in [0, 0.05) is 23.6 Å². The number of fused-ring (bicyclic) bond motifs is 2. The second kappa shape index (κ2) is 13.3. The van der Waals surface area contributed by atoms with Crippen molar-refractivity contribution in [3.05, 3.63) is 124 Å². The highest BCUT2D eigenvalue weighted by Gasteiger charge is 2.51. The van der Waals surface area contributed by atoms with Crippen molar-refractivity contribution in [2.75, 3.05) is 13.2 Å². The standard InChI is InChI=1S/C42H48FNO4Si/c1-28-31-24-17-25-46-39(31)35(43)26-34(28)37-32-22-15-16-23-33(32)40(45)44(8)38(37)36(48-41(2,3)4)27-47-49(42(5,6)7,29-18-11-9-12-19-29)30-20-13-10-14-21-30/h9-16,18-23,26,36H,17,24-25,27H2,1-8H3/t36-/m1/s1. The van der Waals surface area contributed by atoms with Crippen molar-refractivity contribution in [3.8, 4) is 16.9 Å². The SMILES string of the molecule is Cc1c(-c2c([C@@H](CO[Si](c3ccccc3)(c3ccccc3)C(C)(C)C)OC(C)(C)C)n(C)c(=O)c3ccccc23)cc(F)c2c1CCCO2. The summed E-state index contributed by atoms with van der Waals surface area (Å²) in [4.78, 5) is 14.2. The van der Waals surface area contributed by atoms with Crippen LogP contribution < -0.4 is 20.7 Å². The van der Waals surface area contributed by atoms with Gasteiger partial charge in [0.05, 0.1) is 24.5 Å². The molecule has 1 atom stereocenters. The van der Waals surface area contributed by atoms with E-state index in [2.05, 4.69) is 69.3 Å². The number of hydrogen-bond acceptors (Lipinski definition) is 4. The molecule has 0 saturated carbocycles. The molecule has 2 heterocycles. The maximum Gasteiger partial charge on any atom is 0.261 e. The monoisotopic (exact) mass is 677 g/mol. The minimum absolute atomic E-state index is 0.137. The third-order valence-corrected chi connectivity index (χ3v) is 14.7. The molecule has 1 aromatic heterocycles. The van der Waals surface area contributed by atoms with Crippen molar-refractivity contribution in [2.45, 2.75) is 78.1 Å². The molecule has 0 aliphatic carbocycles. The zero-order chi connectivity index (χ0) is 35.1. The first-order valence-electron chi connectivity index (χ1n) is 17.2. The van der Waals surface area contributed by atoms with Crippen molar-refractivity contribution < 1.29 is 18.3 Å². The number of aromatic nitrogens is 1. The fourth-order valence-corrected chi connectivity index (χ4v) is 12.2. The summed E-state index contributed by atoms with van der Waals surface area (Å²) in [5.74, 6) is -0.0586. The lowest BCUT2D eigenvalue weighted by atomic mass is 9.88. The summed E-state index contributed by atoms with van der Waals surface area (Å²) in [6, 6.07) is 30.2. The van der Waals surface area contributed by atoms with Gasteiger partial charge in [-0.2, -0.15) is 0 Å². The zero-order valence-electron chi connectivity index (χ0n) is 30.0. The van der Waals surface area contributed by atoms with Crippen LogP contribution in [0.5, 0.6) is 5.75 Å². The first-order chi connectivity index (χ1) is 23.2. The molecule has 0 N–H and O–H groups in total. The highest BCUT2D eigenvalue weighted by Crippen LogP contribution is 2.44. The molecule has 0 fully saturated rings. The predicted molar refractivity (Wildman–Crippen MR) is 200 cm³/mol. The van der Waals surface area contributed by atoms with Crippen LogP contribution in [0.2, 0.25) is 5.04 Å². The molecule has 0 bridgehead atoms. The molecule has 49 heavy (non-hydrogen) atoms. The van der Waals surface area contributed by atoms with Gasteiger partial charge in [0.15, 0.2) is 11.6 Å². The summed E-state index contributed by atoms with van der Waals surface area (Å²) < 4.78 is 37.9. The van der Waals surface area contributed by atoms with E-state index in [1.807, 2.05) is 64.1 Å². The lowest BCUT2D eigenvalue weighted by Gasteiger charge is -2.44. The van der Waals surface area contributed by atoms with E-state index in [9.17, 15) is 4.79 Å². The molecule has 0 saturated heterocycles. The van der Waals surface area contributed by atoms with E-state index >= 15 is 4.39 Å². The average molecular weight is 678 g/mol. The summed E-state index contributed by atoms with van der Waals surface area (Å²) in [6.07, 6.45) is 0.873. The largest absolute Gasteiger partial charge is 0.490 e. The van der Waals surface area contributed by atoms with E-state index in [4.69, 9.17) is 13.9 Å². The van der Waals surface area contributed by atoms with Crippen molar-refractivity contribution in [1.82, 2.24) is 4.57 Å². The van der Waals surface area contributed by atoms with E-state index < -0.39 is 25.8 Å². The van der Waals surface area contributed by atoms with Gasteiger partial charge >= 0.3 is 0 Å². The van der Waals surface area contributed by atoms with Gasteiger partial charge in [0.1, 0.15) is 6.10 Å². The number of hydrogen-bond donors (Lipinski definition) is 0. The van der Waals surface area contributed by atoms with Crippen molar-refractivity contribution >= 4 is 29.5 Å². The summed E-state index contributed by atoms with van der Waals surface area (Å²) in [6.45, 7) is 15.5. The fraction of sp³-hybridized carbons (Fsp3) is 0.357. The quantitative estimate of drug-likeness (QED) is 0.155. The van der Waals surface area contributed by atoms with E-state index in [1.54, 1.807) is 17.7 Å². The Morgan fingerprint density at radius 3 is 2.02 bits per heavy atom. The molecule has 7 heteroatoms. The molecule has 0 amide bonds. The van der Waals surface area contributed by atoms with Crippen molar-refractivity contribution in [2.24, 2.45) is 7.05 Å². The van der Waals surface area contributed by atoms with Gasteiger partial charge in [-0.15, -0.1) is 0 Å². The smallest absolute Gasteiger partial charge is 0.261 e. The Kier molecular flexibility index (Phi) is 9.48. The van der Waals surface area contributed by atoms with Gasteiger partial charge in [0.25, 0.3) is 13.9 Å². The van der Waals surface area contributed by atoms with Crippen LogP contribution in [-0.4, -0.2) is 31.7 Å². The predicted octanol–water partition coefficient (Wildman–Crippen LogP) is 8.41. The van der Waals surface area contributed by atoms with Crippen LogP contribution in [0.1, 0.15) is 70.9 Å². The van der Waals surface area contributed by atoms with Crippen LogP contribution in [-0.2, 0) is 22.6 Å². The molecule has 4 aromatic carbocycles. The van der Waals surface area contributed by atoms with Gasteiger partial charge < -0.3 is 18.5 Å². The summed E-state index contributed by atoms with van der Waals surface area (Å²) in [7, 11) is -1.19. The highest BCUT2D eigenvalue weighted by molar-refractivity contribution is 6.99. The summed E-state index contributed by atoms with van der Waals surface area (Å²) >= 11 is 0. The number of pyridine rings is 1. The Morgan fingerprint density at radius 2 is 1.45 bits per heavy atom. The summed E-state index contributed by atoms with van der Waals surface area (Å²) in [5, 5.41) is 3.37. The van der Waals surface area contributed by atoms with Gasteiger partial charge in [-0.1, -0.05) is 99.6 Å². The molecule has 0 radical (unpaired) electrons. The highest BCUT2D eigenvalue weighted by atomic mass is 28.4. The van der Waals surface area contributed by atoms with Crippen molar-refractivity contribution in [1.29, 1.82) is 0 Å². The van der Waals surface area contributed by atoms with Crippen LogP contribution >= 0.6 is 0 Å². The van der Waals surface area contributed by atoms with E-state index in [-0.39, 0.29) is 17.2 Å². The van der Waals surface area contributed by atoms with Crippen LogP contribution in [0, 0.1) is 12.7 Å². The van der Waals surface area contributed by atoms with Gasteiger partial charge in [-0.25, -0.2) is 4.39 Å². The Bertz CT molecular complexity index is 1990. The number of nitrogens with zero attached hydrogens (tertiary/aromatic N) is 1. The molecular weight excluding hydrogens is 630 g/mol. The Balaban J connectivity index is 1.63. The first kappa shape index (κ1) is 34.8. The van der Waals surface area contributed by atoms with Crippen LogP contribution in [0.25, 0.3) is 21.9 Å². The average Bonchev–Trinajstić information content (AvgIpc) is 3.08. The number of rotatable bonds is 8. The van der Waals surface area contributed by atoms with Crippen molar-refractivity contribution in [3.63, 3.8) is 0 Å². The maximum absolute atomic E-state index is 15.9. The maximum atomic E-state index is 15.9. The zero-order valence-corrected chi connectivity index (χ0v) is 31.0. The second-order valence-electron chi connectivity index (χ2n) is 15.2. The minimum atomic E-state index is -2.98. The Hall–Kier alpha value is -4.04. The van der Waals surface area contributed by atoms with Crippen LogP contribution in [0.15, 0.2) is 95.8 Å². The molecular formula is C42H48FNO4Si. The Morgan fingerprint density at radius 1 is 0.878 bits per heavy atom. The topological polar surface area (TPSA) is 49.7 Å². The minimum Gasteiger partial charge on any atom is -0.490 e. The molecule has 0 unspecified atom stereocenters. The molecule has 6 rings (SSSR count). The van der Waals surface area contributed by atoms with E-state index in [1.165, 1.54) is 0 Å². The first-order valence-corrected chi connectivity index (χ1v) is 19.1. The molecule has 1 aliphatic rings. The van der Waals surface area contributed by atoms with E-state index in [0.29, 0.717) is 23.4 Å². The third kappa shape index (κ3) is 6.40. The molecule has 0 spiro atoms. The molecule has 5 aromatic rings. The fourth-order valence-electron chi connectivity index (χ4n) is 7.62. The van der Waals surface area contributed by atoms with Crippen LogP contribution in [0.4, 0.5) is 4.39 Å². The number of benzene rings is 4. The Labute approximate surface area is 290 Å². The normalized spacial score (nSPS) is 14.4. The molecule has 5 nitrogen and oxygen atoms in total. The lowest BCUT2D eigenvalue weighted by molar-refractivity contribution is -0.0823. The lowest BCUT2D eigenvalue weighted by Crippen LogP contribution is -2.67. The van der Waals surface area contributed by atoms with Gasteiger partial charge in [-0.05, 0) is 84.6 Å². The molecule has 1 aliphatic heterocycles. The van der Waals surface area contributed by atoms with Gasteiger partial charge in [-0.3, -0.25) is 4.79 Å². The second-order valence-corrected chi connectivity index (χ2v) is 19.5. The summed E-state index contributed by atoms with van der Waals surface area (Å²) in [5.41, 5.74) is 3.27. The van der Waals surface area contributed by atoms with E-state index in [0.717, 1.165) is 50.9 Å².